The van der Waals surface area contributed by atoms with Gasteiger partial charge < -0.3 is 14.9 Å². The van der Waals surface area contributed by atoms with E-state index in [9.17, 15) is 22.8 Å². The highest BCUT2D eigenvalue weighted by molar-refractivity contribution is 6.17. The van der Waals surface area contributed by atoms with Gasteiger partial charge in [-0.25, -0.2) is 0 Å². The van der Waals surface area contributed by atoms with Gasteiger partial charge in [0, 0.05) is 12.1 Å². The molecule has 0 saturated carbocycles. The van der Waals surface area contributed by atoms with Gasteiger partial charge in [-0.3, -0.25) is 9.59 Å². The van der Waals surface area contributed by atoms with Crippen LogP contribution in [0.5, 0.6) is 5.75 Å². The van der Waals surface area contributed by atoms with Crippen molar-refractivity contribution in [3.8, 4) is 5.75 Å². The van der Waals surface area contributed by atoms with Crippen LogP contribution < -0.4 is 4.74 Å². The molecule has 1 atom stereocenters. The van der Waals surface area contributed by atoms with Gasteiger partial charge in [-0.15, -0.1) is 13.2 Å². The van der Waals surface area contributed by atoms with E-state index in [1.807, 2.05) is 0 Å². The average Bonchev–Trinajstić information content (AvgIpc) is 2.36. The number of hydrogen-bond donors (Lipinski definition) is 1. The van der Waals surface area contributed by atoms with Gasteiger partial charge in [0.2, 0.25) is 0 Å². The first-order valence-corrected chi connectivity index (χ1v) is 6.14. The minimum absolute atomic E-state index is 0.172. The fraction of sp³-hybridized carbons (Fsp3) is 0.357. The molecule has 1 N–H and O–H groups in total. The lowest BCUT2D eigenvalue weighted by Gasteiger charge is -2.14. The maximum Gasteiger partial charge on any atom is 0.573 e. The van der Waals surface area contributed by atoms with E-state index in [0.29, 0.717) is 5.56 Å². The lowest BCUT2D eigenvalue weighted by molar-refractivity contribution is -0.274. The number of Topliss-reactive ketones (excluding diaryl/α,β-unsaturated/α-hetero) is 1. The molecular formula is C14H14F3NO4. The number of nitrogens with one attached hydrogen (secondary N) is 1. The molecule has 0 fully saturated rings. The summed E-state index contributed by atoms with van der Waals surface area (Å²) in [5, 5.41) is 7.81. The van der Waals surface area contributed by atoms with E-state index < -0.39 is 29.8 Å². The smallest absolute Gasteiger partial charge is 0.468 e. The third-order valence-electron chi connectivity index (χ3n) is 2.72. The van der Waals surface area contributed by atoms with Crippen molar-refractivity contribution in [3.63, 3.8) is 0 Å². The molecule has 0 aliphatic rings. The van der Waals surface area contributed by atoms with Crippen molar-refractivity contribution in [2.45, 2.75) is 19.7 Å². The molecule has 1 aromatic rings. The Labute approximate surface area is 124 Å². The quantitative estimate of drug-likeness (QED) is 0.497. The summed E-state index contributed by atoms with van der Waals surface area (Å²) in [7, 11) is 1.09. The molecule has 0 heterocycles. The molecule has 0 radical (unpaired) electrons. The Balaban J connectivity index is 2.90. The van der Waals surface area contributed by atoms with Crippen molar-refractivity contribution in [2.24, 2.45) is 5.92 Å². The molecule has 1 aromatic carbocycles. The van der Waals surface area contributed by atoms with Crippen LogP contribution >= 0.6 is 0 Å². The number of carbonyl (C=O) groups is 2. The second-order valence-electron chi connectivity index (χ2n) is 4.46. The molecule has 0 amide bonds. The highest BCUT2D eigenvalue weighted by Crippen LogP contribution is 2.24. The van der Waals surface area contributed by atoms with Gasteiger partial charge in [0.05, 0.1) is 7.11 Å². The fourth-order valence-corrected chi connectivity index (χ4v) is 1.85. The number of carbonyl (C=O) groups excluding carboxylic acids is 2. The molecule has 1 unspecified atom stereocenters. The second kappa shape index (κ2) is 7.06. The Kier molecular flexibility index (Phi) is 5.67. The Morgan fingerprint density at radius 3 is 2.45 bits per heavy atom. The van der Waals surface area contributed by atoms with Crippen molar-refractivity contribution in [3.05, 3.63) is 29.8 Å². The predicted molar refractivity (Wildman–Crippen MR) is 70.7 cm³/mol. The first-order valence-electron chi connectivity index (χ1n) is 6.14. The molecule has 0 aromatic heterocycles. The van der Waals surface area contributed by atoms with Crippen LogP contribution in [0.15, 0.2) is 24.3 Å². The number of esters is 1. The molecule has 5 nitrogen and oxygen atoms in total. The van der Waals surface area contributed by atoms with E-state index in [0.717, 1.165) is 26.2 Å². The van der Waals surface area contributed by atoms with Crippen LogP contribution in [0.4, 0.5) is 13.2 Å². The highest BCUT2D eigenvalue weighted by Gasteiger charge is 2.31. The summed E-state index contributed by atoms with van der Waals surface area (Å²) in [4.78, 5) is 22.9. The number of halogens is 3. The van der Waals surface area contributed by atoms with Crippen molar-refractivity contribution < 1.29 is 32.2 Å². The number of rotatable bonds is 6. The van der Waals surface area contributed by atoms with Crippen LogP contribution in [0, 0.1) is 11.3 Å². The summed E-state index contributed by atoms with van der Waals surface area (Å²) in [6.07, 6.45) is -4.99. The zero-order valence-corrected chi connectivity index (χ0v) is 11.9. The first kappa shape index (κ1) is 17.7. The monoisotopic (exact) mass is 317 g/mol. The Hall–Kier alpha value is -2.38. The minimum atomic E-state index is -4.82. The van der Waals surface area contributed by atoms with Crippen LogP contribution in [-0.2, 0) is 20.7 Å². The van der Waals surface area contributed by atoms with Crippen LogP contribution in [0.25, 0.3) is 0 Å². The number of ether oxygens (including phenoxy) is 2. The van der Waals surface area contributed by atoms with E-state index in [1.165, 1.54) is 12.1 Å². The maximum absolute atomic E-state index is 12.2. The van der Waals surface area contributed by atoms with Crippen molar-refractivity contribution >= 4 is 17.5 Å². The molecule has 22 heavy (non-hydrogen) atoms. The lowest BCUT2D eigenvalue weighted by atomic mass is 9.94. The second-order valence-corrected chi connectivity index (χ2v) is 4.46. The average molecular weight is 317 g/mol. The van der Waals surface area contributed by atoms with Crippen molar-refractivity contribution in [1.82, 2.24) is 0 Å². The molecule has 120 valence electrons. The van der Waals surface area contributed by atoms with Gasteiger partial charge in [-0.05, 0) is 24.6 Å². The van der Waals surface area contributed by atoms with E-state index >= 15 is 0 Å². The summed E-state index contributed by atoms with van der Waals surface area (Å²) in [6.45, 7) is 1.14. The third-order valence-corrected chi connectivity index (χ3v) is 2.72. The minimum Gasteiger partial charge on any atom is -0.468 e. The molecule has 0 spiro atoms. The van der Waals surface area contributed by atoms with Crippen LogP contribution in [-0.4, -0.2) is 30.9 Å². The van der Waals surface area contributed by atoms with Crippen LogP contribution in [0.3, 0.4) is 0 Å². The predicted octanol–water partition coefficient (Wildman–Crippen LogP) is 2.53. The maximum atomic E-state index is 12.2. The lowest BCUT2D eigenvalue weighted by Crippen LogP contribution is -2.32. The summed E-state index contributed by atoms with van der Waals surface area (Å²) in [5.41, 5.74) is 0.0467. The first-order chi connectivity index (χ1) is 10.1. The molecule has 0 saturated heterocycles. The van der Waals surface area contributed by atoms with E-state index in [4.69, 9.17) is 5.41 Å². The number of alkyl halides is 3. The Morgan fingerprint density at radius 2 is 1.95 bits per heavy atom. The van der Waals surface area contributed by atoms with Gasteiger partial charge >= 0.3 is 12.3 Å². The normalized spacial score (nSPS) is 12.4. The number of methoxy groups -OCH3 is 1. The standard InChI is InChI=1S/C14H14F3NO4/c1-8(19)12(13(20)21-2)11(18)7-9-4-3-5-10(6-9)22-14(15,16)17/h3-6,12,18H,7H2,1-2H3. The van der Waals surface area contributed by atoms with E-state index in [1.54, 1.807) is 0 Å². The molecule has 1 rings (SSSR count). The van der Waals surface area contributed by atoms with Crippen LogP contribution in [0.1, 0.15) is 12.5 Å². The highest BCUT2D eigenvalue weighted by atomic mass is 19.4. The van der Waals surface area contributed by atoms with Crippen molar-refractivity contribution in [2.75, 3.05) is 7.11 Å². The summed E-state index contributed by atoms with van der Waals surface area (Å²) >= 11 is 0. The third kappa shape index (κ3) is 5.19. The molecule has 0 aliphatic carbocycles. The summed E-state index contributed by atoms with van der Waals surface area (Å²) in [5.74, 6) is -3.24. The molecule has 0 aliphatic heterocycles. The summed E-state index contributed by atoms with van der Waals surface area (Å²) < 4.78 is 44.7. The van der Waals surface area contributed by atoms with E-state index in [-0.39, 0.29) is 12.1 Å². The number of hydrogen-bond acceptors (Lipinski definition) is 5. The van der Waals surface area contributed by atoms with Gasteiger partial charge in [0.15, 0.2) is 5.92 Å². The SMILES string of the molecule is COC(=O)C(C(=N)Cc1cccc(OC(F)(F)F)c1)C(C)=O. The Bertz CT molecular complexity index is 584. The van der Waals surface area contributed by atoms with E-state index in [2.05, 4.69) is 9.47 Å². The molecule has 8 heteroatoms. The molecular weight excluding hydrogens is 303 g/mol. The largest absolute Gasteiger partial charge is 0.573 e. The van der Waals surface area contributed by atoms with Gasteiger partial charge in [-0.1, -0.05) is 12.1 Å². The topological polar surface area (TPSA) is 76.5 Å². The van der Waals surface area contributed by atoms with Gasteiger partial charge in [0.1, 0.15) is 11.5 Å². The summed E-state index contributed by atoms with van der Waals surface area (Å²) in [6, 6.07) is 5.00. The van der Waals surface area contributed by atoms with Gasteiger partial charge in [0.25, 0.3) is 0 Å². The number of ketones is 1. The fourth-order valence-electron chi connectivity index (χ4n) is 1.85. The number of benzene rings is 1. The Morgan fingerprint density at radius 1 is 1.32 bits per heavy atom. The zero-order chi connectivity index (χ0) is 16.9. The zero-order valence-electron chi connectivity index (χ0n) is 11.9. The van der Waals surface area contributed by atoms with Gasteiger partial charge in [-0.2, -0.15) is 0 Å². The molecule has 0 bridgehead atoms. The van der Waals surface area contributed by atoms with Crippen molar-refractivity contribution in [1.29, 1.82) is 5.41 Å². The van der Waals surface area contributed by atoms with Crippen LogP contribution in [0.2, 0.25) is 0 Å².